The standard InChI is InChI=1S/C16H26N2O5/c1-3-23-14(19)9-17-10(2)15(20)18-12-7-5-4-6-11(12)8-13(18)16(21)22/h10-13,17H,3-9H2,1-2H3,(H,21,22)/t10-,11?,12-,13-/m0/s1. The molecule has 2 aliphatic rings. The molecule has 2 rings (SSSR count). The van der Waals surface area contributed by atoms with Gasteiger partial charge < -0.3 is 14.7 Å². The number of carbonyl (C=O) groups is 3. The molecule has 0 aromatic carbocycles. The number of fused-ring (bicyclic) bond motifs is 1. The SMILES string of the molecule is CCOC(=O)CN[C@@H](C)C(=O)N1[C@H](C(=O)O)CC2CCCC[C@@H]21. The molecule has 7 heteroatoms. The Kier molecular flexibility index (Phi) is 5.98. The molecule has 0 aromatic rings. The summed E-state index contributed by atoms with van der Waals surface area (Å²) in [6, 6.07) is -1.34. The number of nitrogens with zero attached hydrogens (tertiary/aromatic N) is 1. The minimum absolute atomic E-state index is 0.0178. The van der Waals surface area contributed by atoms with E-state index in [-0.39, 0.29) is 24.4 Å². The van der Waals surface area contributed by atoms with Crippen LogP contribution < -0.4 is 5.32 Å². The topological polar surface area (TPSA) is 95.9 Å². The number of likely N-dealkylation sites (tertiary alicyclic amines) is 1. The van der Waals surface area contributed by atoms with E-state index in [2.05, 4.69) is 5.32 Å². The van der Waals surface area contributed by atoms with Crippen LogP contribution in [-0.2, 0) is 19.1 Å². The number of carboxylic acid groups (broad SMARTS) is 1. The second kappa shape index (κ2) is 7.77. The van der Waals surface area contributed by atoms with Crippen molar-refractivity contribution in [3.8, 4) is 0 Å². The van der Waals surface area contributed by atoms with Crippen LogP contribution in [-0.4, -0.2) is 59.1 Å². The van der Waals surface area contributed by atoms with E-state index in [9.17, 15) is 19.5 Å². The quantitative estimate of drug-likeness (QED) is 0.700. The first kappa shape index (κ1) is 17.7. The summed E-state index contributed by atoms with van der Waals surface area (Å²) >= 11 is 0. The number of hydrogen-bond donors (Lipinski definition) is 2. The van der Waals surface area contributed by atoms with Gasteiger partial charge in [-0.15, -0.1) is 0 Å². The highest BCUT2D eigenvalue weighted by molar-refractivity contribution is 5.88. The van der Waals surface area contributed by atoms with Gasteiger partial charge in [0.15, 0.2) is 0 Å². The summed E-state index contributed by atoms with van der Waals surface area (Å²) in [6.07, 6.45) is 4.53. The van der Waals surface area contributed by atoms with Gasteiger partial charge in [-0.05, 0) is 39.0 Å². The zero-order chi connectivity index (χ0) is 17.0. The first-order chi connectivity index (χ1) is 11.0. The molecule has 0 bridgehead atoms. The lowest BCUT2D eigenvalue weighted by atomic mass is 9.84. The van der Waals surface area contributed by atoms with Crippen molar-refractivity contribution in [1.29, 1.82) is 0 Å². The van der Waals surface area contributed by atoms with Crippen LogP contribution in [0.4, 0.5) is 0 Å². The molecule has 1 aliphatic heterocycles. The molecule has 0 aromatic heterocycles. The number of aliphatic carboxylic acids is 1. The normalized spacial score (nSPS) is 28.1. The molecule has 1 heterocycles. The summed E-state index contributed by atoms with van der Waals surface area (Å²) in [7, 11) is 0. The lowest BCUT2D eigenvalue weighted by molar-refractivity contribution is -0.151. The largest absolute Gasteiger partial charge is 0.480 e. The molecule has 130 valence electrons. The van der Waals surface area contributed by atoms with Gasteiger partial charge in [-0.3, -0.25) is 14.9 Å². The third-order valence-corrected chi connectivity index (χ3v) is 4.86. The van der Waals surface area contributed by atoms with Crippen molar-refractivity contribution in [2.75, 3.05) is 13.2 Å². The maximum atomic E-state index is 12.7. The van der Waals surface area contributed by atoms with Crippen LogP contribution in [0.25, 0.3) is 0 Å². The Bertz CT molecular complexity index is 467. The highest BCUT2D eigenvalue weighted by Crippen LogP contribution is 2.40. The monoisotopic (exact) mass is 326 g/mol. The summed E-state index contributed by atoms with van der Waals surface area (Å²) in [5, 5.41) is 12.3. The lowest BCUT2D eigenvalue weighted by Gasteiger charge is -2.34. The van der Waals surface area contributed by atoms with Crippen LogP contribution in [0.1, 0.15) is 46.0 Å². The Hall–Kier alpha value is -1.63. The fourth-order valence-electron chi connectivity index (χ4n) is 3.76. The summed E-state index contributed by atoms with van der Waals surface area (Å²) in [5.74, 6) is -1.31. The van der Waals surface area contributed by atoms with Gasteiger partial charge in [0.05, 0.1) is 19.2 Å². The molecular formula is C16H26N2O5. The molecule has 1 saturated heterocycles. The predicted molar refractivity (Wildman–Crippen MR) is 82.7 cm³/mol. The number of nitrogens with one attached hydrogen (secondary N) is 1. The van der Waals surface area contributed by atoms with Gasteiger partial charge in [0.1, 0.15) is 6.04 Å². The zero-order valence-corrected chi connectivity index (χ0v) is 13.8. The minimum Gasteiger partial charge on any atom is -0.480 e. The number of amides is 1. The van der Waals surface area contributed by atoms with Gasteiger partial charge in [0.25, 0.3) is 0 Å². The summed E-state index contributed by atoms with van der Waals surface area (Å²) in [4.78, 5) is 37.2. The summed E-state index contributed by atoms with van der Waals surface area (Å²) in [6.45, 7) is 3.62. The Labute approximate surface area is 136 Å². The smallest absolute Gasteiger partial charge is 0.326 e. The fraction of sp³-hybridized carbons (Fsp3) is 0.812. The number of esters is 1. The first-order valence-electron chi connectivity index (χ1n) is 8.39. The molecule has 7 nitrogen and oxygen atoms in total. The second-order valence-corrected chi connectivity index (χ2v) is 6.35. The zero-order valence-electron chi connectivity index (χ0n) is 13.8. The van der Waals surface area contributed by atoms with Crippen molar-refractivity contribution in [3.63, 3.8) is 0 Å². The summed E-state index contributed by atoms with van der Waals surface area (Å²) < 4.78 is 4.82. The van der Waals surface area contributed by atoms with E-state index < -0.39 is 24.0 Å². The molecule has 23 heavy (non-hydrogen) atoms. The molecule has 2 N–H and O–H groups in total. The average Bonchev–Trinajstić information content (AvgIpc) is 2.92. The van der Waals surface area contributed by atoms with Crippen molar-refractivity contribution in [2.45, 2.75) is 64.1 Å². The lowest BCUT2D eigenvalue weighted by Crippen LogP contribution is -2.53. The van der Waals surface area contributed by atoms with E-state index in [1.165, 1.54) is 0 Å². The van der Waals surface area contributed by atoms with Crippen LogP contribution in [0, 0.1) is 5.92 Å². The highest BCUT2D eigenvalue weighted by atomic mass is 16.5. The van der Waals surface area contributed by atoms with Gasteiger partial charge in [0.2, 0.25) is 5.91 Å². The van der Waals surface area contributed by atoms with E-state index in [0.29, 0.717) is 13.0 Å². The van der Waals surface area contributed by atoms with Gasteiger partial charge >= 0.3 is 11.9 Å². The maximum Gasteiger partial charge on any atom is 0.326 e. The molecule has 1 unspecified atom stereocenters. The number of rotatable bonds is 6. The molecule has 1 aliphatic carbocycles. The predicted octanol–water partition coefficient (Wildman–Crippen LogP) is 0.772. The van der Waals surface area contributed by atoms with Crippen LogP contribution in [0.15, 0.2) is 0 Å². The molecule has 0 spiro atoms. The third kappa shape index (κ3) is 4.02. The minimum atomic E-state index is -0.939. The van der Waals surface area contributed by atoms with Crippen molar-refractivity contribution in [3.05, 3.63) is 0 Å². The highest BCUT2D eigenvalue weighted by Gasteiger charge is 2.48. The number of ether oxygens (including phenoxy) is 1. The third-order valence-electron chi connectivity index (χ3n) is 4.86. The fourth-order valence-corrected chi connectivity index (χ4v) is 3.76. The molecule has 1 saturated carbocycles. The van der Waals surface area contributed by atoms with Crippen LogP contribution >= 0.6 is 0 Å². The van der Waals surface area contributed by atoms with Crippen molar-refractivity contribution in [1.82, 2.24) is 10.2 Å². The van der Waals surface area contributed by atoms with Crippen molar-refractivity contribution in [2.24, 2.45) is 5.92 Å². The Morgan fingerprint density at radius 2 is 2.00 bits per heavy atom. The number of hydrogen-bond acceptors (Lipinski definition) is 5. The van der Waals surface area contributed by atoms with Crippen molar-refractivity contribution < 1.29 is 24.2 Å². The molecule has 4 atom stereocenters. The number of carbonyl (C=O) groups excluding carboxylic acids is 2. The van der Waals surface area contributed by atoms with E-state index >= 15 is 0 Å². The molecule has 2 fully saturated rings. The van der Waals surface area contributed by atoms with Crippen molar-refractivity contribution >= 4 is 17.8 Å². The Morgan fingerprint density at radius 3 is 2.65 bits per heavy atom. The second-order valence-electron chi connectivity index (χ2n) is 6.35. The van der Waals surface area contributed by atoms with Gasteiger partial charge in [0, 0.05) is 6.04 Å². The molecule has 1 amide bonds. The maximum absolute atomic E-state index is 12.7. The van der Waals surface area contributed by atoms with E-state index in [1.54, 1.807) is 18.7 Å². The van der Waals surface area contributed by atoms with Crippen LogP contribution in [0.5, 0.6) is 0 Å². The van der Waals surface area contributed by atoms with E-state index in [0.717, 1.165) is 25.7 Å². The molecule has 0 radical (unpaired) electrons. The number of carboxylic acids is 1. The van der Waals surface area contributed by atoms with Gasteiger partial charge in [-0.25, -0.2) is 4.79 Å². The summed E-state index contributed by atoms with van der Waals surface area (Å²) in [5.41, 5.74) is 0. The van der Waals surface area contributed by atoms with Crippen LogP contribution in [0.2, 0.25) is 0 Å². The molecular weight excluding hydrogens is 300 g/mol. The van der Waals surface area contributed by atoms with Gasteiger partial charge in [-0.1, -0.05) is 12.8 Å². The Morgan fingerprint density at radius 1 is 1.30 bits per heavy atom. The van der Waals surface area contributed by atoms with E-state index in [1.807, 2.05) is 0 Å². The van der Waals surface area contributed by atoms with Crippen LogP contribution in [0.3, 0.4) is 0 Å². The first-order valence-corrected chi connectivity index (χ1v) is 8.39. The average molecular weight is 326 g/mol. The van der Waals surface area contributed by atoms with E-state index in [4.69, 9.17) is 4.74 Å². The van der Waals surface area contributed by atoms with Gasteiger partial charge in [-0.2, -0.15) is 0 Å². The Balaban J connectivity index is 2.02.